The highest BCUT2D eigenvalue weighted by Gasteiger charge is 2.36. The third-order valence-corrected chi connectivity index (χ3v) is 5.48. The molecule has 0 fully saturated rings. The number of carbonyl (C=O) groups is 1. The average molecular weight is 539 g/mol. The van der Waals surface area contributed by atoms with E-state index in [1.165, 1.54) is 0 Å². The van der Waals surface area contributed by atoms with Crippen LogP contribution in [-0.2, 0) is 4.79 Å². The van der Waals surface area contributed by atoms with E-state index >= 15 is 0 Å². The monoisotopic (exact) mass is 538 g/mol. The second-order valence-electron chi connectivity index (χ2n) is 8.77. The largest absolute Gasteiger partial charge is 0.419 e. The lowest BCUT2D eigenvalue weighted by molar-refractivity contribution is -0.131. The number of hydrogen-bond donors (Lipinski definition) is 2. The second-order valence-corrected chi connectivity index (χ2v) is 8.77. The van der Waals surface area contributed by atoms with Crippen molar-refractivity contribution < 1.29 is 18.0 Å². The molecule has 0 aliphatic heterocycles. The topological polar surface area (TPSA) is 56.7 Å². The fourth-order valence-corrected chi connectivity index (χ4v) is 3.59. The number of rotatable bonds is 16. The maximum absolute atomic E-state index is 14.0. The van der Waals surface area contributed by atoms with Gasteiger partial charge in [-0.2, -0.15) is 13.2 Å². The van der Waals surface area contributed by atoms with Gasteiger partial charge in [-0.15, -0.1) is 0 Å². The number of nitrogens with zero attached hydrogens (tertiary/aromatic N) is 2. The number of halogens is 3. The minimum atomic E-state index is -4.56. The first-order valence-electron chi connectivity index (χ1n) is 14.1. The Morgan fingerprint density at radius 2 is 1.66 bits per heavy atom. The van der Waals surface area contributed by atoms with Crippen molar-refractivity contribution in [3.05, 3.63) is 53.9 Å². The Kier molecular flexibility index (Phi) is 19.6. The van der Waals surface area contributed by atoms with Crippen molar-refractivity contribution in [2.75, 3.05) is 25.0 Å². The highest BCUT2D eigenvalue weighted by Crippen LogP contribution is 2.30. The molecule has 1 rings (SSSR count). The maximum Gasteiger partial charge on any atom is 0.419 e. The van der Waals surface area contributed by atoms with E-state index in [2.05, 4.69) is 22.5 Å². The summed E-state index contributed by atoms with van der Waals surface area (Å²) in [7, 11) is 0. The van der Waals surface area contributed by atoms with E-state index in [0.717, 1.165) is 44.0 Å². The van der Waals surface area contributed by atoms with Crippen LogP contribution in [0.15, 0.2) is 58.9 Å². The van der Waals surface area contributed by atoms with Crippen LogP contribution in [0.3, 0.4) is 0 Å². The van der Waals surface area contributed by atoms with Crippen molar-refractivity contribution in [1.82, 2.24) is 10.2 Å². The molecular formula is C30H49F3N4O. The van der Waals surface area contributed by atoms with Gasteiger partial charge in [0, 0.05) is 43.6 Å². The van der Waals surface area contributed by atoms with Gasteiger partial charge >= 0.3 is 6.18 Å². The predicted molar refractivity (Wildman–Crippen MR) is 155 cm³/mol. The van der Waals surface area contributed by atoms with Crippen molar-refractivity contribution in [1.29, 1.82) is 0 Å². The van der Waals surface area contributed by atoms with E-state index in [-0.39, 0.29) is 11.6 Å². The first kappa shape index (κ1) is 35.2. The van der Waals surface area contributed by atoms with Crippen LogP contribution < -0.4 is 10.6 Å². The first-order chi connectivity index (χ1) is 18.2. The Morgan fingerprint density at radius 3 is 2.24 bits per heavy atom. The molecular weight excluding hydrogens is 489 g/mol. The molecule has 5 nitrogen and oxygen atoms in total. The summed E-state index contributed by atoms with van der Waals surface area (Å²) < 4.78 is 41.9. The summed E-state index contributed by atoms with van der Waals surface area (Å²) in [5.41, 5.74) is -0.0374. The molecule has 216 valence electrons. The molecule has 2 N–H and O–H groups in total. The van der Waals surface area contributed by atoms with Crippen LogP contribution in [0.2, 0.25) is 0 Å². The summed E-state index contributed by atoms with van der Waals surface area (Å²) in [4.78, 5) is 18.4. The molecule has 0 heterocycles. The summed E-state index contributed by atoms with van der Waals surface area (Å²) in [6.45, 7) is 13.2. The molecule has 0 radical (unpaired) electrons. The summed E-state index contributed by atoms with van der Waals surface area (Å²) in [5.74, 6) is 0.480. The minimum absolute atomic E-state index is 0.0249. The van der Waals surface area contributed by atoms with E-state index in [4.69, 9.17) is 0 Å². The number of para-hydroxylation sites is 1. The van der Waals surface area contributed by atoms with Gasteiger partial charge in [-0.3, -0.25) is 4.79 Å². The Labute approximate surface area is 228 Å². The number of hydrogen-bond acceptors (Lipinski definition) is 3. The summed E-state index contributed by atoms with van der Waals surface area (Å²) in [5, 5.41) is 5.97. The number of nitrogens with one attached hydrogen (secondary N) is 2. The Hall–Kier alpha value is -2.77. The lowest BCUT2D eigenvalue weighted by Crippen LogP contribution is -2.34. The SMILES string of the molecule is CC.CCC/C=C(NCCCN(CCC)C(=O)CCCCC)/C(=C\N=C(C)Nc1ccccc1)C(F)(F)F. The van der Waals surface area contributed by atoms with Gasteiger partial charge in [0.25, 0.3) is 0 Å². The fourth-order valence-electron chi connectivity index (χ4n) is 3.59. The third kappa shape index (κ3) is 15.5. The minimum Gasteiger partial charge on any atom is -0.385 e. The quantitative estimate of drug-likeness (QED) is 0.0960. The van der Waals surface area contributed by atoms with Gasteiger partial charge in [-0.25, -0.2) is 4.99 Å². The Bertz CT molecular complexity index is 849. The molecule has 0 unspecified atom stereocenters. The highest BCUT2D eigenvalue weighted by atomic mass is 19.4. The lowest BCUT2D eigenvalue weighted by Gasteiger charge is -2.23. The second kappa shape index (κ2) is 21.2. The van der Waals surface area contributed by atoms with Crippen LogP contribution in [0.4, 0.5) is 18.9 Å². The van der Waals surface area contributed by atoms with E-state index in [1.807, 2.05) is 62.9 Å². The average Bonchev–Trinajstić information content (AvgIpc) is 2.89. The van der Waals surface area contributed by atoms with Gasteiger partial charge in [0.2, 0.25) is 5.91 Å². The maximum atomic E-state index is 14.0. The summed E-state index contributed by atoms with van der Waals surface area (Å²) >= 11 is 0. The van der Waals surface area contributed by atoms with Crippen molar-refractivity contribution in [2.45, 2.75) is 99.1 Å². The molecule has 0 saturated carbocycles. The predicted octanol–water partition coefficient (Wildman–Crippen LogP) is 8.47. The third-order valence-electron chi connectivity index (χ3n) is 5.48. The van der Waals surface area contributed by atoms with E-state index in [9.17, 15) is 18.0 Å². The molecule has 0 spiro atoms. The van der Waals surface area contributed by atoms with Crippen LogP contribution in [-0.4, -0.2) is 42.5 Å². The van der Waals surface area contributed by atoms with E-state index < -0.39 is 11.7 Å². The van der Waals surface area contributed by atoms with Crippen molar-refractivity contribution >= 4 is 17.4 Å². The number of unbranched alkanes of at least 4 members (excludes halogenated alkanes) is 3. The van der Waals surface area contributed by atoms with Gasteiger partial charge in [-0.1, -0.05) is 78.2 Å². The molecule has 8 heteroatoms. The highest BCUT2D eigenvalue weighted by molar-refractivity contribution is 5.93. The van der Waals surface area contributed by atoms with Gasteiger partial charge in [-0.05, 0) is 44.7 Å². The van der Waals surface area contributed by atoms with Crippen LogP contribution >= 0.6 is 0 Å². The van der Waals surface area contributed by atoms with Crippen molar-refractivity contribution in [2.24, 2.45) is 4.99 Å². The number of alkyl halides is 3. The number of aliphatic imine (C=N–C) groups is 1. The number of carbonyl (C=O) groups excluding carboxylic acids is 1. The number of amides is 1. The van der Waals surface area contributed by atoms with Gasteiger partial charge in [0.15, 0.2) is 0 Å². The molecule has 1 aromatic rings. The van der Waals surface area contributed by atoms with Gasteiger partial charge in [0.05, 0.1) is 5.57 Å². The fraction of sp³-hybridized carbons (Fsp3) is 0.600. The normalized spacial score (nSPS) is 12.5. The zero-order valence-corrected chi connectivity index (χ0v) is 24.3. The molecule has 1 aromatic carbocycles. The summed E-state index contributed by atoms with van der Waals surface area (Å²) in [6, 6.07) is 9.17. The zero-order chi connectivity index (χ0) is 28.8. The van der Waals surface area contributed by atoms with E-state index in [1.54, 1.807) is 13.0 Å². The zero-order valence-electron chi connectivity index (χ0n) is 24.3. The number of anilines is 1. The standard InChI is InChI=1S/C28H43F3N4O.C2H6/c1-5-8-11-18-27(36)35(20-7-3)21-14-19-32-26(17-9-6-2)25(28(29,30)31)22-33-23(4)34-24-15-12-10-13-16-24;1-2/h10,12-13,15-17,22,32H,5-9,11,14,18-21H2,1-4H3,(H,33,34);1-2H3/b25-22+,26-17-;. The van der Waals surface area contributed by atoms with Crippen molar-refractivity contribution in [3.63, 3.8) is 0 Å². The van der Waals surface area contributed by atoms with Gasteiger partial charge in [0.1, 0.15) is 5.84 Å². The van der Waals surface area contributed by atoms with Crippen LogP contribution in [0.25, 0.3) is 0 Å². The molecule has 38 heavy (non-hydrogen) atoms. The Balaban J connectivity index is 0.00000667. The molecule has 0 aliphatic carbocycles. The molecule has 1 amide bonds. The molecule has 0 bridgehead atoms. The van der Waals surface area contributed by atoms with Gasteiger partial charge < -0.3 is 15.5 Å². The van der Waals surface area contributed by atoms with Crippen LogP contribution in [0.1, 0.15) is 92.9 Å². The molecule has 0 saturated heterocycles. The number of allylic oxidation sites excluding steroid dienone is 2. The van der Waals surface area contributed by atoms with E-state index in [0.29, 0.717) is 44.7 Å². The van der Waals surface area contributed by atoms with Crippen LogP contribution in [0.5, 0.6) is 0 Å². The lowest BCUT2D eigenvalue weighted by atomic mass is 10.1. The summed E-state index contributed by atoms with van der Waals surface area (Å²) in [6.07, 6.45) is 4.02. The Morgan fingerprint density at radius 1 is 0.974 bits per heavy atom. The van der Waals surface area contributed by atoms with Crippen LogP contribution in [0, 0.1) is 0 Å². The number of amidine groups is 1. The smallest absolute Gasteiger partial charge is 0.385 e. The molecule has 0 aromatic heterocycles. The molecule has 0 atom stereocenters. The number of benzene rings is 1. The molecule has 0 aliphatic rings. The van der Waals surface area contributed by atoms with Crippen molar-refractivity contribution in [3.8, 4) is 0 Å². The first-order valence-corrected chi connectivity index (χ1v) is 14.1.